The van der Waals surface area contributed by atoms with Crippen LogP contribution in [0.5, 0.6) is 0 Å². The molecule has 3 aromatic heterocycles. The van der Waals surface area contributed by atoms with Gasteiger partial charge < -0.3 is 13.8 Å². The van der Waals surface area contributed by atoms with E-state index in [1.807, 2.05) is 18.3 Å². The number of hydrogen-bond donors (Lipinski definition) is 0. The van der Waals surface area contributed by atoms with Crippen LogP contribution < -0.4 is 0 Å². The highest BCUT2D eigenvalue weighted by Gasteiger charge is 2.29. The van der Waals surface area contributed by atoms with E-state index in [0.717, 1.165) is 12.8 Å². The first-order chi connectivity index (χ1) is 12.2. The third-order valence-corrected chi connectivity index (χ3v) is 4.37. The lowest BCUT2D eigenvalue weighted by atomic mass is 9.97. The summed E-state index contributed by atoms with van der Waals surface area (Å²) in [6.07, 6.45) is 5.42. The fourth-order valence-corrected chi connectivity index (χ4v) is 3.14. The zero-order valence-corrected chi connectivity index (χ0v) is 14.0. The summed E-state index contributed by atoms with van der Waals surface area (Å²) >= 11 is 0. The first kappa shape index (κ1) is 15.6. The van der Waals surface area contributed by atoms with Crippen molar-refractivity contribution in [1.82, 2.24) is 24.8 Å². The van der Waals surface area contributed by atoms with Crippen molar-refractivity contribution in [2.45, 2.75) is 32.2 Å². The average Bonchev–Trinajstić information content (AvgIpc) is 3.37. The second-order valence-corrected chi connectivity index (χ2v) is 6.23. The van der Waals surface area contributed by atoms with Crippen LogP contribution in [-0.2, 0) is 6.54 Å². The van der Waals surface area contributed by atoms with Crippen LogP contribution >= 0.6 is 0 Å². The van der Waals surface area contributed by atoms with Crippen molar-refractivity contribution in [1.29, 1.82) is 0 Å². The largest absolute Gasteiger partial charge is 0.454 e. The van der Waals surface area contributed by atoms with Crippen LogP contribution in [0.1, 0.15) is 46.8 Å². The quantitative estimate of drug-likeness (QED) is 0.723. The molecule has 0 radical (unpaired) electrons. The summed E-state index contributed by atoms with van der Waals surface area (Å²) in [6.45, 7) is 3.56. The highest BCUT2D eigenvalue weighted by atomic mass is 16.5. The van der Waals surface area contributed by atoms with Crippen LogP contribution in [0, 0.1) is 6.92 Å². The molecule has 0 aromatic carbocycles. The molecule has 0 N–H and O–H groups in total. The van der Waals surface area contributed by atoms with E-state index in [2.05, 4.69) is 15.2 Å². The van der Waals surface area contributed by atoms with Gasteiger partial charge in [-0.15, -0.1) is 0 Å². The minimum atomic E-state index is -0.100. The van der Waals surface area contributed by atoms with E-state index in [1.165, 1.54) is 0 Å². The molecule has 8 nitrogen and oxygen atoms in total. The van der Waals surface area contributed by atoms with Crippen LogP contribution in [0.25, 0.3) is 0 Å². The SMILES string of the molecule is Cc1nc([C@@H]2CCCN(C(=O)c3ccc(Cn4cccn4)o3)C2)no1. The van der Waals surface area contributed by atoms with Gasteiger partial charge in [-0.1, -0.05) is 5.16 Å². The number of piperidine rings is 1. The van der Waals surface area contributed by atoms with Crippen molar-refractivity contribution in [3.63, 3.8) is 0 Å². The number of carbonyl (C=O) groups excluding carboxylic acids is 1. The fourth-order valence-electron chi connectivity index (χ4n) is 3.14. The predicted octanol–water partition coefficient (Wildman–Crippen LogP) is 2.24. The van der Waals surface area contributed by atoms with E-state index in [9.17, 15) is 4.79 Å². The van der Waals surface area contributed by atoms with Crippen LogP contribution in [0.4, 0.5) is 0 Å². The molecule has 8 heteroatoms. The van der Waals surface area contributed by atoms with Gasteiger partial charge in [0.1, 0.15) is 5.76 Å². The highest BCUT2D eigenvalue weighted by Crippen LogP contribution is 2.26. The minimum Gasteiger partial charge on any atom is -0.454 e. The van der Waals surface area contributed by atoms with Gasteiger partial charge in [0.25, 0.3) is 5.91 Å². The van der Waals surface area contributed by atoms with Gasteiger partial charge >= 0.3 is 0 Å². The molecule has 1 amide bonds. The first-order valence-corrected chi connectivity index (χ1v) is 8.34. The second-order valence-electron chi connectivity index (χ2n) is 6.23. The Bertz CT molecular complexity index is 851. The zero-order valence-electron chi connectivity index (χ0n) is 14.0. The van der Waals surface area contributed by atoms with Gasteiger partial charge in [-0.05, 0) is 31.0 Å². The molecule has 1 aliphatic heterocycles. The topological polar surface area (TPSA) is 90.2 Å². The number of hydrogen-bond acceptors (Lipinski definition) is 6. The van der Waals surface area contributed by atoms with Crippen LogP contribution in [0.15, 0.2) is 39.5 Å². The first-order valence-electron chi connectivity index (χ1n) is 8.34. The Morgan fingerprint density at radius 3 is 3.08 bits per heavy atom. The molecule has 0 unspecified atom stereocenters. The number of aryl methyl sites for hydroxylation is 1. The summed E-state index contributed by atoms with van der Waals surface area (Å²) in [5.74, 6) is 2.29. The maximum atomic E-state index is 12.7. The molecule has 0 bridgehead atoms. The van der Waals surface area contributed by atoms with Gasteiger partial charge in [0, 0.05) is 38.3 Å². The molecule has 0 aliphatic carbocycles. The molecule has 1 saturated heterocycles. The number of rotatable bonds is 4. The molecule has 3 aromatic rings. The fraction of sp³-hybridized carbons (Fsp3) is 0.412. The molecule has 25 heavy (non-hydrogen) atoms. The molecule has 130 valence electrons. The maximum absolute atomic E-state index is 12.7. The van der Waals surface area contributed by atoms with Crippen LogP contribution in [0.2, 0.25) is 0 Å². The number of nitrogens with zero attached hydrogens (tertiary/aromatic N) is 5. The number of aromatic nitrogens is 4. The monoisotopic (exact) mass is 341 g/mol. The Labute approximate surface area is 144 Å². The van der Waals surface area contributed by atoms with E-state index in [4.69, 9.17) is 8.94 Å². The molecular formula is C17H19N5O3. The van der Waals surface area contributed by atoms with Crippen LogP contribution in [0.3, 0.4) is 0 Å². The molecular weight excluding hydrogens is 322 g/mol. The summed E-state index contributed by atoms with van der Waals surface area (Å²) in [5.41, 5.74) is 0. The summed E-state index contributed by atoms with van der Waals surface area (Å²) in [4.78, 5) is 18.8. The molecule has 0 saturated carbocycles. The molecule has 1 fully saturated rings. The molecule has 4 heterocycles. The number of amides is 1. The number of furan rings is 1. The Balaban J connectivity index is 1.44. The lowest BCUT2D eigenvalue weighted by molar-refractivity contribution is 0.0669. The van der Waals surface area contributed by atoms with E-state index in [-0.39, 0.29) is 11.8 Å². The number of carbonyl (C=O) groups is 1. The van der Waals surface area contributed by atoms with Crippen molar-refractivity contribution in [2.24, 2.45) is 0 Å². The van der Waals surface area contributed by atoms with Gasteiger partial charge in [0.2, 0.25) is 5.89 Å². The lowest BCUT2D eigenvalue weighted by Crippen LogP contribution is -2.39. The van der Waals surface area contributed by atoms with Gasteiger partial charge in [0.05, 0.1) is 6.54 Å². The van der Waals surface area contributed by atoms with Gasteiger partial charge in [-0.3, -0.25) is 9.48 Å². The third kappa shape index (κ3) is 3.33. The van der Waals surface area contributed by atoms with Crippen molar-refractivity contribution in [3.8, 4) is 0 Å². The Morgan fingerprint density at radius 2 is 2.32 bits per heavy atom. The van der Waals surface area contributed by atoms with E-state index >= 15 is 0 Å². The summed E-state index contributed by atoms with van der Waals surface area (Å²) in [7, 11) is 0. The third-order valence-electron chi connectivity index (χ3n) is 4.37. The van der Waals surface area contributed by atoms with Crippen molar-refractivity contribution in [3.05, 3.63) is 53.8 Å². The summed E-state index contributed by atoms with van der Waals surface area (Å²) in [6, 6.07) is 5.39. The zero-order chi connectivity index (χ0) is 17.2. The van der Waals surface area contributed by atoms with Crippen LogP contribution in [-0.4, -0.2) is 43.8 Å². The molecule has 0 spiro atoms. The molecule has 1 aliphatic rings. The van der Waals surface area contributed by atoms with Gasteiger partial charge in [0.15, 0.2) is 11.6 Å². The Hall–Kier alpha value is -2.90. The number of likely N-dealkylation sites (tertiary alicyclic amines) is 1. The van der Waals surface area contributed by atoms with Crippen molar-refractivity contribution < 1.29 is 13.7 Å². The van der Waals surface area contributed by atoms with E-state index < -0.39 is 0 Å². The highest BCUT2D eigenvalue weighted by molar-refractivity contribution is 5.91. The predicted molar refractivity (Wildman–Crippen MR) is 87.0 cm³/mol. The molecule has 1 atom stereocenters. The van der Waals surface area contributed by atoms with E-state index in [0.29, 0.717) is 42.9 Å². The van der Waals surface area contributed by atoms with Crippen molar-refractivity contribution in [2.75, 3.05) is 13.1 Å². The normalized spacial score (nSPS) is 17.8. The lowest BCUT2D eigenvalue weighted by Gasteiger charge is -2.30. The smallest absolute Gasteiger partial charge is 0.289 e. The minimum absolute atomic E-state index is 0.100. The Morgan fingerprint density at radius 1 is 1.40 bits per heavy atom. The van der Waals surface area contributed by atoms with Gasteiger partial charge in [-0.2, -0.15) is 10.1 Å². The molecule has 4 rings (SSSR count). The van der Waals surface area contributed by atoms with Crippen molar-refractivity contribution >= 4 is 5.91 Å². The second kappa shape index (κ2) is 6.54. The van der Waals surface area contributed by atoms with Gasteiger partial charge in [-0.25, -0.2) is 0 Å². The average molecular weight is 341 g/mol. The summed E-state index contributed by atoms with van der Waals surface area (Å²) in [5, 5.41) is 8.13. The summed E-state index contributed by atoms with van der Waals surface area (Å²) < 4.78 is 12.5. The standard InChI is InChI=1S/C17H19N5O3/c1-12-19-16(20-25-12)13-4-2-8-21(10-13)17(23)15-6-5-14(24-15)11-22-9-3-7-18-22/h3,5-7,9,13H,2,4,8,10-11H2,1H3/t13-/m1/s1. The Kier molecular flexibility index (Phi) is 4.09. The maximum Gasteiger partial charge on any atom is 0.289 e. The van der Waals surface area contributed by atoms with E-state index in [1.54, 1.807) is 28.8 Å².